The summed E-state index contributed by atoms with van der Waals surface area (Å²) in [6.45, 7) is 2.99. The molecule has 1 aliphatic heterocycles. The molecule has 110 valence electrons. The third-order valence-corrected chi connectivity index (χ3v) is 3.65. The largest absolute Gasteiger partial charge is 0.339 e. The van der Waals surface area contributed by atoms with E-state index in [1.807, 2.05) is 6.92 Å². The van der Waals surface area contributed by atoms with Gasteiger partial charge >= 0.3 is 0 Å². The van der Waals surface area contributed by atoms with Crippen LogP contribution in [0.5, 0.6) is 0 Å². The Morgan fingerprint density at radius 1 is 1.38 bits per heavy atom. The normalized spacial score (nSPS) is 18.5. The van der Waals surface area contributed by atoms with Gasteiger partial charge in [0.1, 0.15) is 5.82 Å². The highest BCUT2D eigenvalue weighted by molar-refractivity contribution is 5.79. The smallest absolute Gasteiger partial charge is 0.232 e. The van der Waals surface area contributed by atoms with Crippen molar-refractivity contribution in [1.82, 2.24) is 15.0 Å². The third-order valence-electron chi connectivity index (χ3n) is 3.65. The lowest BCUT2D eigenvalue weighted by Crippen LogP contribution is -2.24. The number of amides is 1. The number of aryl methyl sites for hydroxylation is 1. The second kappa shape index (κ2) is 5.63. The van der Waals surface area contributed by atoms with E-state index in [1.165, 1.54) is 12.1 Å². The van der Waals surface area contributed by atoms with Crippen molar-refractivity contribution in [2.24, 2.45) is 0 Å². The monoisotopic (exact) mass is 289 g/mol. The minimum atomic E-state index is -0.276. The van der Waals surface area contributed by atoms with Crippen molar-refractivity contribution in [3.63, 3.8) is 0 Å². The Kier molecular flexibility index (Phi) is 3.68. The van der Waals surface area contributed by atoms with Gasteiger partial charge in [-0.2, -0.15) is 4.98 Å². The summed E-state index contributed by atoms with van der Waals surface area (Å²) >= 11 is 0. The topological polar surface area (TPSA) is 59.2 Å². The van der Waals surface area contributed by atoms with Gasteiger partial charge in [-0.3, -0.25) is 4.79 Å². The van der Waals surface area contributed by atoms with Gasteiger partial charge in [0.2, 0.25) is 11.8 Å². The van der Waals surface area contributed by atoms with Gasteiger partial charge < -0.3 is 9.42 Å². The molecule has 1 aliphatic rings. The summed E-state index contributed by atoms with van der Waals surface area (Å²) in [6, 6.07) is 6.19. The zero-order chi connectivity index (χ0) is 14.8. The minimum Gasteiger partial charge on any atom is -0.339 e. The maximum Gasteiger partial charge on any atom is 0.232 e. The average Bonchev–Trinajstić information content (AvgIpc) is 3.09. The number of nitrogens with zero attached hydrogens (tertiary/aromatic N) is 3. The van der Waals surface area contributed by atoms with E-state index in [-0.39, 0.29) is 17.6 Å². The van der Waals surface area contributed by atoms with Crippen LogP contribution in [0, 0.1) is 5.82 Å². The molecule has 2 aromatic rings. The molecule has 5 nitrogen and oxygen atoms in total. The molecule has 1 aromatic heterocycles. The van der Waals surface area contributed by atoms with Crippen molar-refractivity contribution in [1.29, 1.82) is 0 Å². The van der Waals surface area contributed by atoms with Crippen LogP contribution in [0.15, 0.2) is 28.8 Å². The van der Waals surface area contributed by atoms with Crippen molar-refractivity contribution in [3.05, 3.63) is 47.4 Å². The van der Waals surface area contributed by atoms with Crippen LogP contribution in [0.25, 0.3) is 0 Å². The predicted molar refractivity (Wildman–Crippen MR) is 72.9 cm³/mol. The zero-order valence-electron chi connectivity index (χ0n) is 11.8. The molecule has 0 saturated carbocycles. The summed E-state index contributed by atoms with van der Waals surface area (Å²) in [5.74, 6) is 0.921. The number of halogens is 1. The van der Waals surface area contributed by atoms with Crippen LogP contribution in [0.2, 0.25) is 0 Å². The minimum absolute atomic E-state index is 0.0502. The Balaban J connectivity index is 1.68. The molecule has 0 N–H and O–H groups in total. The van der Waals surface area contributed by atoms with Gasteiger partial charge in [0.25, 0.3) is 0 Å². The van der Waals surface area contributed by atoms with Crippen LogP contribution in [0.4, 0.5) is 4.39 Å². The molecule has 21 heavy (non-hydrogen) atoms. The van der Waals surface area contributed by atoms with Gasteiger partial charge in [-0.05, 0) is 17.7 Å². The molecule has 3 rings (SSSR count). The lowest BCUT2D eigenvalue weighted by Gasteiger charge is -2.15. The van der Waals surface area contributed by atoms with E-state index < -0.39 is 0 Å². The molecule has 1 aromatic carbocycles. The summed E-state index contributed by atoms with van der Waals surface area (Å²) in [5.41, 5.74) is 0.908. The Morgan fingerprint density at radius 2 is 2.14 bits per heavy atom. The first-order valence-electron chi connectivity index (χ1n) is 7.00. The van der Waals surface area contributed by atoms with Gasteiger partial charge in [-0.25, -0.2) is 4.39 Å². The fraction of sp³-hybridized carbons (Fsp3) is 0.400. The van der Waals surface area contributed by atoms with Crippen LogP contribution < -0.4 is 0 Å². The zero-order valence-corrected chi connectivity index (χ0v) is 11.8. The molecule has 0 spiro atoms. The lowest BCUT2D eigenvalue weighted by atomic mass is 10.1. The second-order valence-electron chi connectivity index (χ2n) is 5.20. The number of benzene rings is 1. The van der Waals surface area contributed by atoms with Gasteiger partial charge in [0.05, 0.1) is 5.92 Å². The maximum atomic E-state index is 12.9. The van der Waals surface area contributed by atoms with Crippen LogP contribution in [-0.4, -0.2) is 27.5 Å². The van der Waals surface area contributed by atoms with E-state index >= 15 is 0 Å². The molecule has 1 amide bonds. The molecule has 6 heteroatoms. The number of likely N-dealkylation sites (tertiary alicyclic amines) is 1. The van der Waals surface area contributed by atoms with Crippen molar-refractivity contribution >= 4 is 5.91 Å². The predicted octanol–water partition coefficient (Wildman–Crippen LogP) is 2.29. The molecule has 1 unspecified atom stereocenters. The summed E-state index contributed by atoms with van der Waals surface area (Å²) in [4.78, 5) is 18.1. The molecule has 1 fully saturated rings. The average molecular weight is 289 g/mol. The van der Waals surface area contributed by atoms with Crippen LogP contribution in [0.3, 0.4) is 0 Å². The summed E-state index contributed by atoms with van der Waals surface area (Å²) in [5, 5.41) is 3.87. The molecule has 0 aliphatic carbocycles. The van der Waals surface area contributed by atoms with Crippen LogP contribution in [0.1, 0.15) is 36.5 Å². The van der Waals surface area contributed by atoms with E-state index in [1.54, 1.807) is 17.0 Å². The third kappa shape index (κ3) is 2.94. The first-order valence-corrected chi connectivity index (χ1v) is 7.00. The van der Waals surface area contributed by atoms with E-state index in [0.29, 0.717) is 37.6 Å². The van der Waals surface area contributed by atoms with Gasteiger partial charge in [0.15, 0.2) is 5.82 Å². The summed E-state index contributed by atoms with van der Waals surface area (Å²) in [6.07, 6.45) is 1.09. The molecular formula is C15H16FN3O2. The lowest BCUT2D eigenvalue weighted by molar-refractivity contribution is -0.128. The van der Waals surface area contributed by atoms with Crippen molar-refractivity contribution in [2.45, 2.75) is 32.2 Å². The number of carbonyl (C=O) groups is 1. The first-order chi connectivity index (χ1) is 10.2. The number of carbonyl (C=O) groups excluding carboxylic acids is 1. The number of rotatable bonds is 4. The summed E-state index contributed by atoms with van der Waals surface area (Å²) in [7, 11) is 0. The molecule has 0 radical (unpaired) electrons. The first kappa shape index (κ1) is 13.7. The quantitative estimate of drug-likeness (QED) is 0.866. The van der Waals surface area contributed by atoms with Crippen LogP contribution >= 0.6 is 0 Å². The fourth-order valence-corrected chi connectivity index (χ4v) is 2.48. The molecule has 0 bridgehead atoms. The molecule has 1 saturated heterocycles. The van der Waals surface area contributed by atoms with Gasteiger partial charge in [0, 0.05) is 25.9 Å². The highest BCUT2D eigenvalue weighted by Gasteiger charge is 2.34. The highest BCUT2D eigenvalue weighted by Crippen LogP contribution is 2.28. The molecule has 2 heterocycles. The Labute approximate surface area is 121 Å². The van der Waals surface area contributed by atoms with Crippen molar-refractivity contribution < 1.29 is 13.7 Å². The maximum absolute atomic E-state index is 12.9. The molecule has 1 atom stereocenters. The van der Waals surface area contributed by atoms with E-state index in [4.69, 9.17) is 4.52 Å². The second-order valence-corrected chi connectivity index (χ2v) is 5.20. The Hall–Kier alpha value is -2.24. The van der Waals surface area contributed by atoms with Gasteiger partial charge in [-0.15, -0.1) is 0 Å². The van der Waals surface area contributed by atoms with Gasteiger partial charge in [-0.1, -0.05) is 24.2 Å². The Morgan fingerprint density at radius 3 is 2.81 bits per heavy atom. The number of hydrogen-bond acceptors (Lipinski definition) is 4. The van der Waals surface area contributed by atoms with Crippen molar-refractivity contribution in [3.8, 4) is 0 Å². The van der Waals surface area contributed by atoms with E-state index in [2.05, 4.69) is 10.1 Å². The summed E-state index contributed by atoms with van der Waals surface area (Å²) < 4.78 is 18.1. The highest BCUT2D eigenvalue weighted by atomic mass is 19.1. The number of hydrogen-bond donors (Lipinski definition) is 0. The SMILES string of the molecule is CCc1noc(C2CC(=O)N(Cc3ccc(F)cc3)C2)n1. The van der Waals surface area contributed by atoms with Crippen molar-refractivity contribution in [2.75, 3.05) is 6.54 Å². The standard InChI is InChI=1S/C15H16FN3O2/c1-2-13-17-15(21-18-13)11-7-14(20)19(9-11)8-10-3-5-12(16)6-4-10/h3-6,11H,2,7-9H2,1H3. The van der Waals surface area contributed by atoms with E-state index in [9.17, 15) is 9.18 Å². The van der Waals surface area contributed by atoms with E-state index in [0.717, 1.165) is 5.56 Å². The van der Waals surface area contributed by atoms with Crippen LogP contribution in [-0.2, 0) is 17.8 Å². The molecular weight excluding hydrogens is 273 g/mol. The fourth-order valence-electron chi connectivity index (χ4n) is 2.48. The number of aromatic nitrogens is 2. The Bertz CT molecular complexity index is 639.